The van der Waals surface area contributed by atoms with E-state index in [1.165, 1.54) is 12.1 Å². The van der Waals surface area contributed by atoms with Crippen molar-refractivity contribution in [2.24, 2.45) is 0 Å². The van der Waals surface area contributed by atoms with Crippen LogP contribution in [0.15, 0.2) is 28.3 Å². The van der Waals surface area contributed by atoms with Crippen LogP contribution in [0.3, 0.4) is 0 Å². The number of imide groups is 1. The van der Waals surface area contributed by atoms with E-state index >= 15 is 0 Å². The van der Waals surface area contributed by atoms with Gasteiger partial charge >= 0.3 is 5.97 Å². The molecule has 142 valence electrons. The van der Waals surface area contributed by atoms with Crippen molar-refractivity contribution in [3.63, 3.8) is 0 Å². The first-order valence-corrected chi connectivity index (χ1v) is 9.25. The van der Waals surface area contributed by atoms with Crippen LogP contribution in [-0.4, -0.2) is 24.4 Å². The molecule has 0 atom stereocenters. The zero-order valence-corrected chi connectivity index (χ0v) is 16.0. The van der Waals surface area contributed by atoms with Crippen LogP contribution in [0.1, 0.15) is 38.2 Å². The summed E-state index contributed by atoms with van der Waals surface area (Å²) in [6, 6.07) is 2.21. The molecule has 0 radical (unpaired) electrons. The summed E-state index contributed by atoms with van der Waals surface area (Å²) in [4.78, 5) is 37.8. The number of nitrogens with zero attached hydrogens (tertiary/aromatic N) is 1. The number of anilines is 1. The third-order valence-corrected chi connectivity index (χ3v) is 5.04. The number of ether oxygens (including phenoxy) is 1. The van der Waals surface area contributed by atoms with Crippen LogP contribution >= 0.6 is 23.2 Å². The summed E-state index contributed by atoms with van der Waals surface area (Å²) in [5.41, 5.74) is 0.865. The largest absolute Gasteiger partial charge is 0.462 e. The molecule has 1 aromatic carbocycles. The maximum atomic E-state index is 14.5. The van der Waals surface area contributed by atoms with Gasteiger partial charge in [-0.05, 0) is 56.4 Å². The molecule has 2 aliphatic rings. The Labute approximate surface area is 165 Å². The van der Waals surface area contributed by atoms with Gasteiger partial charge in [0.1, 0.15) is 10.8 Å². The lowest BCUT2D eigenvalue weighted by Gasteiger charge is -2.17. The Morgan fingerprint density at radius 2 is 1.81 bits per heavy atom. The highest BCUT2D eigenvalue weighted by Crippen LogP contribution is 2.38. The first-order valence-electron chi connectivity index (χ1n) is 8.49. The van der Waals surface area contributed by atoms with E-state index in [0.29, 0.717) is 24.0 Å². The molecule has 0 fully saturated rings. The molecule has 27 heavy (non-hydrogen) atoms. The van der Waals surface area contributed by atoms with Crippen LogP contribution in [0.25, 0.3) is 6.08 Å². The highest BCUT2D eigenvalue weighted by molar-refractivity contribution is 6.43. The summed E-state index contributed by atoms with van der Waals surface area (Å²) in [6.07, 6.45) is 3.86. The van der Waals surface area contributed by atoms with Crippen molar-refractivity contribution < 1.29 is 23.5 Å². The fourth-order valence-corrected chi connectivity index (χ4v) is 3.57. The molecular formula is C19H16Cl2FNO4. The number of rotatable bonds is 4. The number of esters is 1. The molecule has 0 bridgehead atoms. The number of hydrogen-bond acceptors (Lipinski definition) is 4. The highest BCUT2D eigenvalue weighted by atomic mass is 35.5. The van der Waals surface area contributed by atoms with Gasteiger partial charge in [0.25, 0.3) is 11.8 Å². The summed E-state index contributed by atoms with van der Waals surface area (Å²) in [5, 5.41) is -0.275. The molecule has 1 aliphatic carbocycles. The number of amides is 2. The average Bonchev–Trinajstić information content (AvgIpc) is 2.89. The first kappa shape index (κ1) is 19.6. The van der Waals surface area contributed by atoms with Crippen molar-refractivity contribution in [1.82, 2.24) is 0 Å². The van der Waals surface area contributed by atoms with Gasteiger partial charge in [0.05, 0.1) is 17.3 Å². The summed E-state index contributed by atoms with van der Waals surface area (Å²) in [5.74, 6) is -2.60. The number of halogens is 3. The van der Waals surface area contributed by atoms with Crippen LogP contribution in [0.4, 0.5) is 10.1 Å². The van der Waals surface area contributed by atoms with Crippen LogP contribution in [0.2, 0.25) is 5.02 Å². The van der Waals surface area contributed by atoms with Gasteiger partial charge in [-0.1, -0.05) is 23.2 Å². The first-order chi connectivity index (χ1) is 12.8. The van der Waals surface area contributed by atoms with Crippen LogP contribution in [0.5, 0.6) is 0 Å². The zero-order valence-electron chi connectivity index (χ0n) is 14.5. The maximum Gasteiger partial charge on any atom is 0.349 e. The van der Waals surface area contributed by atoms with Gasteiger partial charge in [0.15, 0.2) is 0 Å². The van der Waals surface area contributed by atoms with E-state index in [1.807, 2.05) is 0 Å². The Morgan fingerprint density at radius 3 is 2.37 bits per heavy atom. The summed E-state index contributed by atoms with van der Waals surface area (Å²) >= 11 is 11.9. The Bertz CT molecular complexity index is 879. The van der Waals surface area contributed by atoms with Crippen LogP contribution < -0.4 is 4.90 Å². The third-order valence-electron chi connectivity index (χ3n) is 4.45. The van der Waals surface area contributed by atoms with Gasteiger partial charge < -0.3 is 4.74 Å². The number of hydrogen-bond donors (Lipinski definition) is 0. The standard InChI is InChI=1S/C19H16Cl2FNO4/c1-2-27-19(26)14(21)7-10-8-16(15(22)9-13(10)20)23-17(24)11-5-3-4-6-12(11)18(23)25/h7-9H,2-6H2,1H3/b14-7+. The van der Waals surface area contributed by atoms with E-state index < -0.39 is 23.6 Å². The topological polar surface area (TPSA) is 63.7 Å². The predicted molar refractivity (Wildman–Crippen MR) is 99.9 cm³/mol. The van der Waals surface area contributed by atoms with Crippen molar-refractivity contribution in [2.75, 3.05) is 11.5 Å². The minimum absolute atomic E-state index is 0.0180. The zero-order chi connectivity index (χ0) is 19.7. The molecule has 0 unspecified atom stereocenters. The van der Waals surface area contributed by atoms with E-state index in [9.17, 15) is 18.8 Å². The fraction of sp³-hybridized carbons (Fsp3) is 0.316. The Morgan fingerprint density at radius 1 is 1.22 bits per heavy atom. The SMILES string of the molecule is CCOC(=O)/C(Cl)=C\c1cc(N2C(=O)C3=C(CCCC3)C2=O)c(F)cc1Cl. The molecular weight excluding hydrogens is 396 g/mol. The van der Waals surface area contributed by atoms with Gasteiger partial charge in [0, 0.05) is 11.1 Å². The Hall–Kier alpha value is -2.18. The van der Waals surface area contributed by atoms with Gasteiger partial charge in [-0.3, -0.25) is 9.59 Å². The summed E-state index contributed by atoms with van der Waals surface area (Å²) in [6.45, 7) is 1.77. The minimum Gasteiger partial charge on any atom is -0.462 e. The molecule has 1 aliphatic heterocycles. The van der Waals surface area contributed by atoms with Crippen molar-refractivity contribution >= 4 is 52.7 Å². The van der Waals surface area contributed by atoms with Crippen LogP contribution in [0, 0.1) is 5.82 Å². The maximum absolute atomic E-state index is 14.5. The molecule has 0 saturated carbocycles. The molecule has 8 heteroatoms. The summed E-state index contributed by atoms with van der Waals surface area (Å²) in [7, 11) is 0. The Balaban J connectivity index is 2.00. The van der Waals surface area contributed by atoms with E-state index in [1.54, 1.807) is 6.92 Å². The number of carbonyl (C=O) groups is 3. The Kier molecular flexibility index (Phi) is 5.67. The van der Waals surface area contributed by atoms with Gasteiger partial charge in [0.2, 0.25) is 0 Å². The smallest absolute Gasteiger partial charge is 0.349 e. The van der Waals surface area contributed by atoms with E-state index in [4.69, 9.17) is 27.9 Å². The van der Waals surface area contributed by atoms with Crippen molar-refractivity contribution in [3.8, 4) is 0 Å². The lowest BCUT2D eigenvalue weighted by Crippen LogP contribution is -2.32. The van der Waals surface area contributed by atoms with Gasteiger partial charge in [-0.2, -0.15) is 0 Å². The van der Waals surface area contributed by atoms with Crippen molar-refractivity contribution in [1.29, 1.82) is 0 Å². The number of benzene rings is 1. The molecule has 2 amide bonds. The monoisotopic (exact) mass is 411 g/mol. The lowest BCUT2D eigenvalue weighted by atomic mass is 9.93. The van der Waals surface area contributed by atoms with Crippen LogP contribution in [-0.2, 0) is 19.1 Å². The second-order valence-corrected chi connectivity index (χ2v) is 6.96. The quantitative estimate of drug-likeness (QED) is 0.419. The second-order valence-electron chi connectivity index (χ2n) is 6.15. The third kappa shape index (κ3) is 3.64. The molecule has 5 nitrogen and oxygen atoms in total. The minimum atomic E-state index is -0.814. The molecule has 0 N–H and O–H groups in total. The molecule has 0 aromatic heterocycles. The second kappa shape index (κ2) is 7.82. The molecule has 0 spiro atoms. The predicted octanol–water partition coefficient (Wildman–Crippen LogP) is 4.37. The van der Waals surface area contributed by atoms with E-state index in [0.717, 1.165) is 23.8 Å². The molecule has 1 heterocycles. The van der Waals surface area contributed by atoms with Crippen molar-refractivity contribution in [2.45, 2.75) is 32.6 Å². The molecule has 0 saturated heterocycles. The average molecular weight is 412 g/mol. The normalized spacial score (nSPS) is 17.5. The molecule has 3 rings (SSSR count). The fourth-order valence-electron chi connectivity index (χ4n) is 3.19. The van der Waals surface area contributed by atoms with Gasteiger partial charge in [-0.15, -0.1) is 0 Å². The van der Waals surface area contributed by atoms with E-state index in [-0.39, 0.29) is 27.9 Å². The van der Waals surface area contributed by atoms with Crippen molar-refractivity contribution in [3.05, 3.63) is 44.7 Å². The van der Waals surface area contributed by atoms with E-state index in [2.05, 4.69) is 0 Å². The number of carbonyl (C=O) groups excluding carboxylic acids is 3. The lowest BCUT2D eigenvalue weighted by molar-refractivity contribution is -0.137. The summed E-state index contributed by atoms with van der Waals surface area (Å²) < 4.78 is 19.3. The highest BCUT2D eigenvalue weighted by Gasteiger charge is 2.40. The molecule has 1 aromatic rings. The van der Waals surface area contributed by atoms with Gasteiger partial charge in [-0.25, -0.2) is 14.1 Å².